The highest BCUT2D eigenvalue weighted by molar-refractivity contribution is 5.47. The zero-order valence-corrected chi connectivity index (χ0v) is 11.1. The van der Waals surface area contributed by atoms with Gasteiger partial charge in [-0.15, -0.1) is 0 Å². The third-order valence-corrected chi connectivity index (χ3v) is 3.51. The van der Waals surface area contributed by atoms with Crippen LogP contribution in [0.25, 0.3) is 0 Å². The highest BCUT2D eigenvalue weighted by Gasteiger charge is 2.24. The molecular weight excluding hydrogens is 228 g/mol. The van der Waals surface area contributed by atoms with E-state index in [1.807, 2.05) is 20.0 Å². The lowest BCUT2D eigenvalue weighted by molar-refractivity contribution is 0.138. The van der Waals surface area contributed by atoms with E-state index in [-0.39, 0.29) is 6.10 Å². The van der Waals surface area contributed by atoms with E-state index in [0.717, 1.165) is 49.7 Å². The zero-order valence-electron chi connectivity index (χ0n) is 11.1. The summed E-state index contributed by atoms with van der Waals surface area (Å²) in [5.41, 5.74) is 0. The quantitative estimate of drug-likeness (QED) is 0.741. The molecule has 2 rings (SSSR count). The van der Waals surface area contributed by atoms with Crippen molar-refractivity contribution in [2.75, 3.05) is 24.2 Å². The Hall–Kier alpha value is -1.36. The number of aliphatic hydroxyl groups is 1. The highest BCUT2D eigenvalue weighted by atomic mass is 16.3. The van der Waals surface area contributed by atoms with Crippen LogP contribution in [0.3, 0.4) is 0 Å². The molecule has 0 saturated heterocycles. The summed E-state index contributed by atoms with van der Waals surface area (Å²) in [7, 11) is 1.85. The number of hydrogen-bond acceptors (Lipinski definition) is 5. The molecule has 1 saturated carbocycles. The van der Waals surface area contributed by atoms with Crippen LogP contribution in [0.5, 0.6) is 0 Å². The first-order valence-corrected chi connectivity index (χ1v) is 6.70. The van der Waals surface area contributed by atoms with Crippen molar-refractivity contribution < 1.29 is 5.11 Å². The lowest BCUT2D eigenvalue weighted by Crippen LogP contribution is -2.22. The molecule has 0 amide bonds. The van der Waals surface area contributed by atoms with Crippen LogP contribution in [0.4, 0.5) is 11.6 Å². The van der Waals surface area contributed by atoms with Crippen molar-refractivity contribution in [3.63, 3.8) is 0 Å². The maximum absolute atomic E-state index is 9.78. The van der Waals surface area contributed by atoms with Crippen molar-refractivity contribution in [2.24, 2.45) is 5.92 Å². The molecule has 3 N–H and O–H groups in total. The van der Waals surface area contributed by atoms with Crippen molar-refractivity contribution in [3.8, 4) is 0 Å². The molecule has 0 aromatic carbocycles. The standard InChI is InChI=1S/C13H22N4O/c1-3-11-16-12(14-2)7-13(17-11)15-8-9-5-4-6-10(9)18/h7,9-10,18H,3-6,8H2,1-2H3,(H2,14,15,16,17). The van der Waals surface area contributed by atoms with Crippen molar-refractivity contribution >= 4 is 11.6 Å². The van der Waals surface area contributed by atoms with Gasteiger partial charge in [0, 0.05) is 32.0 Å². The number of rotatable bonds is 5. The number of aromatic nitrogens is 2. The monoisotopic (exact) mass is 250 g/mol. The van der Waals surface area contributed by atoms with Crippen LogP contribution in [0, 0.1) is 5.92 Å². The second-order valence-electron chi connectivity index (χ2n) is 4.80. The predicted octanol–water partition coefficient (Wildman–Crippen LogP) is 1.65. The van der Waals surface area contributed by atoms with Crippen molar-refractivity contribution in [1.82, 2.24) is 9.97 Å². The van der Waals surface area contributed by atoms with Gasteiger partial charge in [0.05, 0.1) is 6.10 Å². The number of anilines is 2. The first-order chi connectivity index (χ1) is 8.72. The van der Waals surface area contributed by atoms with Crippen molar-refractivity contribution in [2.45, 2.75) is 38.7 Å². The van der Waals surface area contributed by atoms with E-state index < -0.39 is 0 Å². The fraction of sp³-hybridized carbons (Fsp3) is 0.692. The molecule has 0 bridgehead atoms. The van der Waals surface area contributed by atoms with Crippen LogP contribution < -0.4 is 10.6 Å². The maximum Gasteiger partial charge on any atom is 0.132 e. The third kappa shape index (κ3) is 3.10. The summed E-state index contributed by atoms with van der Waals surface area (Å²) >= 11 is 0. The average molecular weight is 250 g/mol. The maximum atomic E-state index is 9.78. The average Bonchev–Trinajstić information content (AvgIpc) is 2.81. The van der Waals surface area contributed by atoms with Crippen LogP contribution in [0.1, 0.15) is 32.0 Å². The molecule has 1 heterocycles. The van der Waals surface area contributed by atoms with Crippen LogP contribution in [0.2, 0.25) is 0 Å². The number of aryl methyl sites for hydroxylation is 1. The van der Waals surface area contributed by atoms with Gasteiger partial charge >= 0.3 is 0 Å². The van der Waals surface area contributed by atoms with Gasteiger partial charge in [0.15, 0.2) is 0 Å². The minimum Gasteiger partial charge on any atom is -0.393 e. The SMILES string of the molecule is CCc1nc(NC)cc(NCC2CCCC2O)n1. The minimum absolute atomic E-state index is 0.159. The summed E-state index contributed by atoms with van der Waals surface area (Å²) in [5, 5.41) is 16.1. The summed E-state index contributed by atoms with van der Waals surface area (Å²) in [6.07, 6.45) is 3.81. The molecule has 2 atom stereocenters. The number of hydrogen-bond donors (Lipinski definition) is 3. The van der Waals surface area contributed by atoms with Crippen LogP contribution >= 0.6 is 0 Å². The Morgan fingerprint density at radius 2 is 2.11 bits per heavy atom. The molecule has 5 heteroatoms. The molecule has 18 heavy (non-hydrogen) atoms. The van der Waals surface area contributed by atoms with E-state index in [1.54, 1.807) is 0 Å². The van der Waals surface area contributed by atoms with Gasteiger partial charge in [0.1, 0.15) is 17.5 Å². The summed E-state index contributed by atoms with van der Waals surface area (Å²) < 4.78 is 0. The number of nitrogens with one attached hydrogen (secondary N) is 2. The Morgan fingerprint density at radius 3 is 2.72 bits per heavy atom. The number of nitrogens with zero attached hydrogens (tertiary/aromatic N) is 2. The Morgan fingerprint density at radius 1 is 1.33 bits per heavy atom. The topological polar surface area (TPSA) is 70.1 Å². The van der Waals surface area contributed by atoms with E-state index in [1.165, 1.54) is 0 Å². The molecule has 0 radical (unpaired) electrons. The summed E-state index contributed by atoms with van der Waals surface area (Å²) in [6, 6.07) is 1.90. The fourth-order valence-corrected chi connectivity index (χ4v) is 2.36. The van der Waals surface area contributed by atoms with Gasteiger partial charge in [-0.25, -0.2) is 9.97 Å². The lowest BCUT2D eigenvalue weighted by Gasteiger charge is -2.16. The zero-order chi connectivity index (χ0) is 13.0. The van der Waals surface area contributed by atoms with E-state index in [0.29, 0.717) is 5.92 Å². The third-order valence-electron chi connectivity index (χ3n) is 3.51. The molecule has 0 aliphatic heterocycles. The summed E-state index contributed by atoms with van der Waals surface area (Å²) in [5.74, 6) is 2.85. The second kappa shape index (κ2) is 6.00. The summed E-state index contributed by atoms with van der Waals surface area (Å²) in [4.78, 5) is 8.80. The lowest BCUT2D eigenvalue weighted by atomic mass is 10.1. The first kappa shape index (κ1) is 13.1. The molecule has 1 aromatic rings. The Labute approximate surface area is 108 Å². The molecule has 1 aliphatic carbocycles. The van der Waals surface area contributed by atoms with Gasteiger partial charge in [-0.2, -0.15) is 0 Å². The van der Waals surface area contributed by atoms with Gasteiger partial charge in [0.2, 0.25) is 0 Å². The van der Waals surface area contributed by atoms with E-state index in [9.17, 15) is 5.11 Å². The predicted molar refractivity (Wildman–Crippen MR) is 72.8 cm³/mol. The Bertz CT molecular complexity index is 374. The molecule has 1 aliphatic rings. The van der Waals surface area contributed by atoms with Crippen molar-refractivity contribution in [1.29, 1.82) is 0 Å². The number of aliphatic hydroxyl groups excluding tert-OH is 1. The molecule has 100 valence electrons. The molecule has 0 spiro atoms. The first-order valence-electron chi connectivity index (χ1n) is 6.70. The van der Waals surface area contributed by atoms with Crippen molar-refractivity contribution in [3.05, 3.63) is 11.9 Å². The molecule has 5 nitrogen and oxygen atoms in total. The highest BCUT2D eigenvalue weighted by Crippen LogP contribution is 2.25. The van der Waals surface area contributed by atoms with Gasteiger partial charge in [0.25, 0.3) is 0 Å². The van der Waals surface area contributed by atoms with Crippen LogP contribution in [0.15, 0.2) is 6.07 Å². The van der Waals surface area contributed by atoms with E-state index in [4.69, 9.17) is 0 Å². The molecule has 1 fully saturated rings. The molecule has 1 aromatic heterocycles. The smallest absolute Gasteiger partial charge is 0.132 e. The fourth-order valence-electron chi connectivity index (χ4n) is 2.36. The van der Waals surface area contributed by atoms with Crippen LogP contribution in [-0.2, 0) is 6.42 Å². The Balaban J connectivity index is 1.99. The van der Waals surface area contributed by atoms with E-state index >= 15 is 0 Å². The Kier molecular flexibility index (Phi) is 4.36. The van der Waals surface area contributed by atoms with Gasteiger partial charge in [-0.3, -0.25) is 0 Å². The van der Waals surface area contributed by atoms with E-state index in [2.05, 4.69) is 20.6 Å². The van der Waals surface area contributed by atoms with Gasteiger partial charge in [-0.05, 0) is 12.8 Å². The van der Waals surface area contributed by atoms with Gasteiger partial charge in [-0.1, -0.05) is 13.3 Å². The molecular formula is C13H22N4O. The largest absolute Gasteiger partial charge is 0.393 e. The van der Waals surface area contributed by atoms with Gasteiger partial charge < -0.3 is 15.7 Å². The van der Waals surface area contributed by atoms with Crippen LogP contribution in [-0.4, -0.2) is 34.8 Å². The minimum atomic E-state index is -0.159. The normalized spacial score (nSPS) is 23.1. The second-order valence-corrected chi connectivity index (χ2v) is 4.80. The summed E-state index contributed by atoms with van der Waals surface area (Å²) in [6.45, 7) is 2.82. The molecule has 2 unspecified atom stereocenters.